The van der Waals surface area contributed by atoms with E-state index in [-0.39, 0.29) is 10.8 Å². The standard InChI is InChI=1S/C19H20ClN5/c1-19(2,3)24-17-21-16(20)22-18(23-17)25(14-10-6-4-7-11-14)15-12-8-5-9-13-15/h4-13H,1-3H3,(H,21,22,23,24). The summed E-state index contributed by atoms with van der Waals surface area (Å²) >= 11 is 6.17. The number of hydrogen-bond acceptors (Lipinski definition) is 5. The van der Waals surface area contributed by atoms with Crippen LogP contribution in [-0.4, -0.2) is 20.5 Å². The number of nitrogens with one attached hydrogen (secondary N) is 1. The maximum Gasteiger partial charge on any atom is 0.240 e. The molecule has 0 aliphatic heterocycles. The molecule has 0 unspecified atom stereocenters. The van der Waals surface area contributed by atoms with Gasteiger partial charge in [0.25, 0.3) is 0 Å². The van der Waals surface area contributed by atoms with E-state index in [2.05, 4.69) is 20.3 Å². The first kappa shape index (κ1) is 17.2. The number of nitrogens with zero attached hydrogens (tertiary/aromatic N) is 4. The third-order valence-electron chi connectivity index (χ3n) is 3.31. The lowest BCUT2D eigenvalue weighted by Crippen LogP contribution is -2.28. The molecule has 2 aromatic carbocycles. The van der Waals surface area contributed by atoms with Crippen LogP contribution in [0.4, 0.5) is 23.3 Å². The maximum atomic E-state index is 6.17. The molecule has 1 heterocycles. The number of rotatable bonds is 4. The summed E-state index contributed by atoms with van der Waals surface area (Å²) in [5.74, 6) is 0.906. The zero-order valence-electron chi connectivity index (χ0n) is 14.4. The van der Waals surface area contributed by atoms with Crippen molar-refractivity contribution in [2.24, 2.45) is 0 Å². The van der Waals surface area contributed by atoms with Crippen LogP contribution in [0.2, 0.25) is 5.28 Å². The Morgan fingerprint density at radius 2 is 1.32 bits per heavy atom. The summed E-state index contributed by atoms with van der Waals surface area (Å²) in [4.78, 5) is 15.1. The Balaban J connectivity index is 2.11. The predicted molar refractivity (Wildman–Crippen MR) is 103 cm³/mol. The average molecular weight is 354 g/mol. The highest BCUT2D eigenvalue weighted by Crippen LogP contribution is 2.32. The summed E-state index contributed by atoms with van der Waals surface area (Å²) in [6.45, 7) is 6.11. The third-order valence-corrected chi connectivity index (χ3v) is 3.48. The molecule has 1 N–H and O–H groups in total. The molecule has 0 fully saturated rings. The van der Waals surface area contributed by atoms with E-state index in [4.69, 9.17) is 11.6 Å². The van der Waals surface area contributed by atoms with Gasteiger partial charge in [0.05, 0.1) is 0 Å². The monoisotopic (exact) mass is 353 g/mol. The zero-order valence-corrected chi connectivity index (χ0v) is 15.2. The second-order valence-corrected chi connectivity index (χ2v) is 6.95. The minimum atomic E-state index is -0.188. The molecule has 25 heavy (non-hydrogen) atoms. The third kappa shape index (κ3) is 4.45. The normalized spacial score (nSPS) is 11.2. The lowest BCUT2D eigenvalue weighted by atomic mass is 10.1. The molecular formula is C19H20ClN5. The molecule has 0 amide bonds. The fourth-order valence-electron chi connectivity index (χ4n) is 2.37. The van der Waals surface area contributed by atoms with Crippen molar-refractivity contribution < 1.29 is 0 Å². The van der Waals surface area contributed by atoms with Gasteiger partial charge in [0.1, 0.15) is 0 Å². The van der Waals surface area contributed by atoms with Gasteiger partial charge in [-0.2, -0.15) is 15.0 Å². The van der Waals surface area contributed by atoms with Crippen molar-refractivity contribution in [1.82, 2.24) is 15.0 Å². The van der Waals surface area contributed by atoms with E-state index < -0.39 is 0 Å². The van der Waals surface area contributed by atoms with Crippen molar-refractivity contribution in [2.75, 3.05) is 10.2 Å². The van der Waals surface area contributed by atoms with Crippen LogP contribution in [0.5, 0.6) is 0 Å². The van der Waals surface area contributed by atoms with Gasteiger partial charge >= 0.3 is 0 Å². The van der Waals surface area contributed by atoms with Crippen LogP contribution >= 0.6 is 11.6 Å². The first-order chi connectivity index (χ1) is 11.9. The molecule has 128 valence electrons. The average Bonchev–Trinajstić information content (AvgIpc) is 2.55. The Morgan fingerprint density at radius 1 is 0.800 bits per heavy atom. The first-order valence-corrected chi connectivity index (χ1v) is 8.40. The summed E-state index contributed by atoms with van der Waals surface area (Å²) in [6, 6.07) is 19.8. The molecule has 0 bridgehead atoms. The van der Waals surface area contributed by atoms with Crippen LogP contribution in [0.15, 0.2) is 60.7 Å². The van der Waals surface area contributed by atoms with Crippen LogP contribution < -0.4 is 10.2 Å². The predicted octanol–water partition coefficient (Wildman–Crippen LogP) is 5.21. The van der Waals surface area contributed by atoms with Crippen molar-refractivity contribution in [3.8, 4) is 0 Å². The molecule has 5 nitrogen and oxygen atoms in total. The molecule has 1 aromatic heterocycles. The summed E-state index contributed by atoms with van der Waals surface area (Å²) in [5.41, 5.74) is 1.70. The van der Waals surface area contributed by atoms with E-state index in [0.717, 1.165) is 11.4 Å². The van der Waals surface area contributed by atoms with E-state index in [1.807, 2.05) is 86.3 Å². The molecule has 0 aliphatic rings. The molecule has 6 heteroatoms. The number of aromatic nitrogens is 3. The van der Waals surface area contributed by atoms with Crippen LogP contribution in [0.1, 0.15) is 20.8 Å². The first-order valence-electron chi connectivity index (χ1n) is 8.02. The lowest BCUT2D eigenvalue weighted by Gasteiger charge is -2.25. The highest BCUT2D eigenvalue weighted by molar-refractivity contribution is 6.28. The summed E-state index contributed by atoms with van der Waals surface area (Å²) in [7, 11) is 0. The van der Waals surface area contributed by atoms with Gasteiger partial charge in [0.2, 0.25) is 17.2 Å². The molecular weight excluding hydrogens is 334 g/mol. The molecule has 0 atom stereocenters. The SMILES string of the molecule is CC(C)(C)Nc1nc(Cl)nc(N(c2ccccc2)c2ccccc2)n1. The summed E-state index contributed by atoms with van der Waals surface area (Å²) in [5, 5.41) is 3.39. The Bertz CT molecular complexity index is 792. The van der Waals surface area contributed by atoms with Crippen LogP contribution in [0, 0.1) is 0 Å². The van der Waals surface area contributed by atoms with Gasteiger partial charge in [-0.25, -0.2) is 0 Å². The zero-order chi connectivity index (χ0) is 17.9. The van der Waals surface area contributed by atoms with E-state index in [0.29, 0.717) is 11.9 Å². The van der Waals surface area contributed by atoms with Gasteiger partial charge in [-0.1, -0.05) is 36.4 Å². The smallest absolute Gasteiger partial charge is 0.240 e. The van der Waals surface area contributed by atoms with E-state index >= 15 is 0 Å². The number of para-hydroxylation sites is 2. The lowest BCUT2D eigenvalue weighted by molar-refractivity contribution is 0.625. The molecule has 3 rings (SSSR count). The van der Waals surface area contributed by atoms with Gasteiger partial charge < -0.3 is 5.32 Å². The number of anilines is 4. The van der Waals surface area contributed by atoms with E-state index in [1.165, 1.54) is 0 Å². The highest BCUT2D eigenvalue weighted by atomic mass is 35.5. The van der Waals surface area contributed by atoms with Gasteiger partial charge in [0.15, 0.2) is 0 Å². The van der Waals surface area contributed by atoms with Crippen LogP contribution in [0.25, 0.3) is 0 Å². The minimum absolute atomic E-state index is 0.147. The van der Waals surface area contributed by atoms with Crippen LogP contribution in [-0.2, 0) is 0 Å². The second-order valence-electron chi connectivity index (χ2n) is 6.61. The molecule has 0 radical (unpaired) electrons. The number of hydrogen-bond donors (Lipinski definition) is 1. The molecule has 0 saturated carbocycles. The maximum absolute atomic E-state index is 6.17. The fraction of sp³-hybridized carbons (Fsp3) is 0.211. The Kier molecular flexibility index (Phi) is 4.86. The van der Waals surface area contributed by atoms with Gasteiger partial charge in [-0.05, 0) is 56.6 Å². The van der Waals surface area contributed by atoms with Crippen molar-refractivity contribution >= 4 is 34.9 Å². The van der Waals surface area contributed by atoms with Crippen molar-refractivity contribution in [2.45, 2.75) is 26.3 Å². The quantitative estimate of drug-likeness (QED) is 0.698. The van der Waals surface area contributed by atoms with E-state index in [1.54, 1.807) is 0 Å². The van der Waals surface area contributed by atoms with Crippen molar-refractivity contribution in [3.05, 3.63) is 65.9 Å². The molecule has 3 aromatic rings. The van der Waals surface area contributed by atoms with Crippen molar-refractivity contribution in [1.29, 1.82) is 0 Å². The molecule has 0 aliphatic carbocycles. The van der Waals surface area contributed by atoms with Gasteiger partial charge in [-0.15, -0.1) is 0 Å². The van der Waals surface area contributed by atoms with Gasteiger partial charge in [-0.3, -0.25) is 4.90 Å². The number of halogens is 1. The van der Waals surface area contributed by atoms with Crippen molar-refractivity contribution in [3.63, 3.8) is 0 Å². The van der Waals surface area contributed by atoms with Crippen LogP contribution in [0.3, 0.4) is 0 Å². The Hall–Kier alpha value is -2.66. The van der Waals surface area contributed by atoms with E-state index in [9.17, 15) is 0 Å². The summed E-state index contributed by atoms with van der Waals surface area (Å²) < 4.78 is 0. The largest absolute Gasteiger partial charge is 0.349 e. The number of benzene rings is 2. The van der Waals surface area contributed by atoms with Gasteiger partial charge in [0, 0.05) is 16.9 Å². The Labute approximate surface area is 152 Å². The summed E-state index contributed by atoms with van der Waals surface area (Å²) in [6.07, 6.45) is 0. The fourth-order valence-corrected chi connectivity index (χ4v) is 2.52. The minimum Gasteiger partial charge on any atom is -0.349 e. The second kappa shape index (κ2) is 7.07. The molecule has 0 spiro atoms. The Morgan fingerprint density at radius 3 is 1.80 bits per heavy atom. The molecule has 0 saturated heterocycles. The highest BCUT2D eigenvalue weighted by Gasteiger charge is 2.19. The topological polar surface area (TPSA) is 53.9 Å².